The Morgan fingerprint density at radius 3 is 2.72 bits per heavy atom. The van der Waals surface area contributed by atoms with Crippen LogP contribution in [0.4, 0.5) is 5.69 Å². The smallest absolute Gasteiger partial charge is 0.284 e. The first-order valence-electron chi connectivity index (χ1n) is 9.00. The van der Waals surface area contributed by atoms with Gasteiger partial charge in [0.1, 0.15) is 11.0 Å². The van der Waals surface area contributed by atoms with Gasteiger partial charge < -0.3 is 10.2 Å². The highest BCUT2D eigenvalue weighted by Gasteiger charge is 2.20. The molecule has 2 aromatic rings. The second-order valence-electron chi connectivity index (χ2n) is 6.77. The Kier molecular flexibility index (Phi) is 6.09. The molecule has 8 nitrogen and oxygen atoms in total. The number of rotatable bonds is 5. The zero-order valence-corrected chi connectivity index (χ0v) is 18.0. The van der Waals surface area contributed by atoms with Gasteiger partial charge in [0.15, 0.2) is 0 Å². The minimum absolute atomic E-state index is 0.0261. The second kappa shape index (κ2) is 8.38. The van der Waals surface area contributed by atoms with E-state index in [-0.39, 0.29) is 4.90 Å². The van der Waals surface area contributed by atoms with Gasteiger partial charge in [-0.1, -0.05) is 17.7 Å². The van der Waals surface area contributed by atoms with Crippen molar-refractivity contribution in [3.05, 3.63) is 46.8 Å². The molecule has 1 amide bonds. The normalized spacial score (nSPS) is 16.1. The summed E-state index contributed by atoms with van der Waals surface area (Å²) in [5.74, 6) is 0.131. The average molecular weight is 436 g/mol. The molecule has 0 saturated carbocycles. The van der Waals surface area contributed by atoms with E-state index in [0.717, 1.165) is 13.0 Å². The van der Waals surface area contributed by atoms with Crippen molar-refractivity contribution in [2.45, 2.75) is 24.7 Å². The molecule has 0 aliphatic carbocycles. The topological polar surface area (TPSA) is 96.7 Å². The summed E-state index contributed by atoms with van der Waals surface area (Å²) in [6, 6.07) is 6.02. The van der Waals surface area contributed by atoms with E-state index in [1.165, 1.54) is 22.9 Å². The molecule has 1 saturated heterocycles. The van der Waals surface area contributed by atoms with E-state index in [1.54, 1.807) is 32.2 Å². The number of nitrogens with zero attached hydrogens (tertiary/aromatic N) is 4. The van der Waals surface area contributed by atoms with E-state index in [9.17, 15) is 13.2 Å². The number of aromatic nitrogens is 2. The molecule has 1 aromatic heterocycles. The van der Waals surface area contributed by atoms with Crippen LogP contribution in [-0.2, 0) is 21.9 Å². The average Bonchev–Trinajstić information content (AvgIpc) is 3.16. The van der Waals surface area contributed by atoms with Gasteiger partial charge in [-0.25, -0.2) is 0 Å². The largest absolute Gasteiger partial charge is 0.362 e. The van der Waals surface area contributed by atoms with Crippen LogP contribution < -0.4 is 5.32 Å². The lowest BCUT2D eigenvalue weighted by Gasteiger charge is -2.11. The van der Waals surface area contributed by atoms with Crippen molar-refractivity contribution in [3.8, 4) is 0 Å². The SMILES string of the molecule is Cc1nn(C)c(Cl)c1/C=C/C(=O)Nc1cccc(S(=O)(=O)/N=C2\CCCN2C)c1. The molecule has 154 valence electrons. The van der Waals surface area contributed by atoms with E-state index in [1.807, 2.05) is 11.9 Å². The van der Waals surface area contributed by atoms with Gasteiger partial charge in [-0.15, -0.1) is 4.40 Å². The van der Waals surface area contributed by atoms with Gasteiger partial charge in [-0.3, -0.25) is 9.48 Å². The lowest BCUT2D eigenvalue weighted by atomic mass is 10.2. The maximum absolute atomic E-state index is 12.6. The number of halogens is 1. The van der Waals surface area contributed by atoms with Crippen molar-refractivity contribution in [3.63, 3.8) is 0 Å². The highest BCUT2D eigenvalue weighted by molar-refractivity contribution is 7.90. The Balaban J connectivity index is 1.76. The summed E-state index contributed by atoms with van der Waals surface area (Å²) in [4.78, 5) is 14.1. The zero-order chi connectivity index (χ0) is 21.2. The molecule has 2 heterocycles. The third-order valence-electron chi connectivity index (χ3n) is 4.56. The fraction of sp³-hybridized carbons (Fsp3) is 0.316. The fourth-order valence-corrected chi connectivity index (χ4v) is 4.39. The van der Waals surface area contributed by atoms with Crippen LogP contribution in [-0.4, -0.2) is 48.4 Å². The summed E-state index contributed by atoms with van der Waals surface area (Å²) in [5, 5.41) is 7.26. The molecular weight excluding hydrogens is 414 g/mol. The molecule has 1 aliphatic heterocycles. The second-order valence-corrected chi connectivity index (χ2v) is 8.73. The molecule has 1 N–H and O–H groups in total. The standard InChI is InChI=1S/C19H22ClN5O3S/c1-13-16(19(20)25(3)22-13)9-10-18(26)21-14-6-4-7-15(12-14)29(27,28)23-17-8-5-11-24(17)2/h4,6-7,9-10,12H,5,8,11H2,1-3H3,(H,21,26)/b10-9+,23-17+. The number of nitrogens with one attached hydrogen (secondary N) is 1. The Bertz CT molecular complexity index is 1110. The molecule has 0 radical (unpaired) electrons. The number of sulfonamides is 1. The molecule has 29 heavy (non-hydrogen) atoms. The summed E-state index contributed by atoms with van der Waals surface area (Å²) in [6.07, 6.45) is 4.41. The lowest BCUT2D eigenvalue weighted by Crippen LogP contribution is -2.20. The van der Waals surface area contributed by atoms with Gasteiger partial charge in [0.25, 0.3) is 10.0 Å². The minimum atomic E-state index is -3.85. The first kappa shape index (κ1) is 21.1. The van der Waals surface area contributed by atoms with Crippen LogP contribution in [0.2, 0.25) is 5.15 Å². The molecule has 1 aromatic carbocycles. The van der Waals surface area contributed by atoms with Gasteiger partial charge in [0.05, 0.1) is 10.6 Å². The summed E-state index contributed by atoms with van der Waals surface area (Å²) in [6.45, 7) is 2.58. The number of amidine groups is 1. The van der Waals surface area contributed by atoms with Gasteiger partial charge in [-0.2, -0.15) is 13.5 Å². The molecule has 0 bridgehead atoms. The number of carbonyl (C=O) groups is 1. The number of likely N-dealkylation sites (tertiary alicyclic amines) is 1. The molecule has 1 fully saturated rings. The van der Waals surface area contributed by atoms with Crippen LogP contribution in [0.25, 0.3) is 6.08 Å². The molecule has 3 rings (SSSR count). The van der Waals surface area contributed by atoms with E-state index in [2.05, 4.69) is 14.8 Å². The highest BCUT2D eigenvalue weighted by atomic mass is 35.5. The first-order chi connectivity index (χ1) is 13.7. The number of aryl methyl sites for hydroxylation is 2. The zero-order valence-electron chi connectivity index (χ0n) is 16.4. The lowest BCUT2D eigenvalue weighted by molar-refractivity contribution is -0.111. The van der Waals surface area contributed by atoms with Crippen molar-refractivity contribution < 1.29 is 13.2 Å². The Hall–Kier alpha value is -2.65. The maximum atomic E-state index is 12.6. The fourth-order valence-electron chi connectivity index (χ4n) is 3.01. The van der Waals surface area contributed by atoms with Gasteiger partial charge in [0, 0.05) is 44.4 Å². The number of anilines is 1. The highest BCUT2D eigenvalue weighted by Crippen LogP contribution is 2.21. The Labute approximate surface area is 174 Å². The summed E-state index contributed by atoms with van der Waals surface area (Å²) in [7, 11) is -0.317. The summed E-state index contributed by atoms with van der Waals surface area (Å²) >= 11 is 6.14. The minimum Gasteiger partial charge on any atom is -0.362 e. The molecule has 0 atom stereocenters. The molecule has 0 spiro atoms. The molecular formula is C19H22ClN5O3S. The molecule has 10 heteroatoms. The number of amides is 1. The predicted molar refractivity (Wildman–Crippen MR) is 114 cm³/mol. The van der Waals surface area contributed by atoms with Crippen molar-refractivity contribution in [2.24, 2.45) is 11.4 Å². The van der Waals surface area contributed by atoms with Crippen LogP contribution in [0.3, 0.4) is 0 Å². The van der Waals surface area contributed by atoms with Gasteiger partial charge in [0.2, 0.25) is 5.91 Å². The van der Waals surface area contributed by atoms with Crippen LogP contribution in [0.1, 0.15) is 24.1 Å². The van der Waals surface area contributed by atoms with Crippen LogP contribution in [0, 0.1) is 6.92 Å². The van der Waals surface area contributed by atoms with Crippen molar-refractivity contribution in [1.29, 1.82) is 0 Å². The van der Waals surface area contributed by atoms with Crippen molar-refractivity contribution >= 4 is 45.1 Å². The van der Waals surface area contributed by atoms with E-state index < -0.39 is 15.9 Å². The third kappa shape index (κ3) is 4.86. The summed E-state index contributed by atoms with van der Waals surface area (Å²) < 4.78 is 30.7. The Morgan fingerprint density at radius 2 is 2.10 bits per heavy atom. The Morgan fingerprint density at radius 1 is 1.34 bits per heavy atom. The predicted octanol–water partition coefficient (Wildman–Crippen LogP) is 2.85. The number of hydrogen-bond donors (Lipinski definition) is 1. The van der Waals surface area contributed by atoms with Crippen molar-refractivity contribution in [2.75, 3.05) is 18.9 Å². The third-order valence-corrected chi connectivity index (χ3v) is 6.31. The number of hydrogen-bond acceptors (Lipinski definition) is 4. The number of carbonyl (C=O) groups excluding carboxylic acids is 1. The van der Waals surface area contributed by atoms with E-state index in [0.29, 0.717) is 34.4 Å². The molecule has 1 aliphatic rings. The molecule has 0 unspecified atom stereocenters. The van der Waals surface area contributed by atoms with Gasteiger partial charge >= 0.3 is 0 Å². The van der Waals surface area contributed by atoms with Crippen LogP contribution in [0.15, 0.2) is 39.6 Å². The van der Waals surface area contributed by atoms with Crippen LogP contribution >= 0.6 is 11.6 Å². The quantitative estimate of drug-likeness (QED) is 0.728. The number of benzene rings is 1. The van der Waals surface area contributed by atoms with Crippen molar-refractivity contribution in [1.82, 2.24) is 14.7 Å². The van der Waals surface area contributed by atoms with Gasteiger partial charge in [-0.05, 0) is 37.6 Å². The monoisotopic (exact) mass is 435 g/mol. The van der Waals surface area contributed by atoms with E-state index >= 15 is 0 Å². The maximum Gasteiger partial charge on any atom is 0.284 e. The summed E-state index contributed by atoms with van der Waals surface area (Å²) in [5.41, 5.74) is 1.71. The van der Waals surface area contributed by atoms with E-state index in [4.69, 9.17) is 11.6 Å². The van der Waals surface area contributed by atoms with Crippen LogP contribution in [0.5, 0.6) is 0 Å². The first-order valence-corrected chi connectivity index (χ1v) is 10.8.